The molecule has 3 heterocycles. The Labute approximate surface area is 174 Å². The zero-order valence-corrected chi connectivity index (χ0v) is 18.4. The minimum absolute atomic E-state index is 0.0289. The summed E-state index contributed by atoms with van der Waals surface area (Å²) in [4.78, 5) is 31.2. The lowest BCUT2D eigenvalue weighted by Gasteiger charge is -2.35. The third-order valence-corrected chi connectivity index (χ3v) is 6.09. The van der Waals surface area contributed by atoms with Crippen LogP contribution in [0.3, 0.4) is 0 Å². The highest BCUT2D eigenvalue weighted by molar-refractivity contribution is 5.76. The van der Waals surface area contributed by atoms with Gasteiger partial charge in [-0.15, -0.1) is 0 Å². The fraction of sp³-hybridized carbons (Fsp3) is 0.773. The molecule has 1 aromatic rings. The van der Waals surface area contributed by atoms with Gasteiger partial charge in [0.05, 0.1) is 12.2 Å². The van der Waals surface area contributed by atoms with E-state index in [-0.39, 0.29) is 11.0 Å². The lowest BCUT2D eigenvalue weighted by molar-refractivity contribution is -0.130. The highest BCUT2D eigenvalue weighted by atomic mass is 16.2. The van der Waals surface area contributed by atoms with Gasteiger partial charge in [-0.2, -0.15) is 5.10 Å². The zero-order chi connectivity index (χ0) is 20.9. The summed E-state index contributed by atoms with van der Waals surface area (Å²) in [7, 11) is 0. The molecule has 162 valence electrons. The summed E-state index contributed by atoms with van der Waals surface area (Å²) >= 11 is 0. The first-order valence-corrected chi connectivity index (χ1v) is 11.1. The second-order valence-electron chi connectivity index (χ2n) is 9.40. The van der Waals surface area contributed by atoms with E-state index < -0.39 is 0 Å². The van der Waals surface area contributed by atoms with Crippen LogP contribution in [0.15, 0.2) is 16.9 Å². The van der Waals surface area contributed by atoms with Crippen LogP contribution in [0, 0.1) is 0 Å². The van der Waals surface area contributed by atoms with Gasteiger partial charge in [0.1, 0.15) is 0 Å². The predicted molar refractivity (Wildman–Crippen MR) is 115 cm³/mol. The predicted octanol–water partition coefficient (Wildman–Crippen LogP) is 1.56. The van der Waals surface area contributed by atoms with Crippen LogP contribution in [0.25, 0.3) is 0 Å². The van der Waals surface area contributed by atoms with Gasteiger partial charge in [-0.25, -0.2) is 4.68 Å². The van der Waals surface area contributed by atoms with Crippen molar-refractivity contribution in [3.05, 3.63) is 28.2 Å². The van der Waals surface area contributed by atoms with Crippen molar-refractivity contribution in [2.24, 2.45) is 0 Å². The van der Waals surface area contributed by atoms with Crippen LogP contribution < -0.4 is 5.56 Å². The number of hydrogen-bond donors (Lipinski definition) is 0. The molecular weight excluding hydrogens is 366 g/mol. The maximum Gasteiger partial charge on any atom is 0.266 e. The SMILES string of the molecule is CC(C)(C)c1ccc(=O)n(CCN2CCN(CCN3CCCCCC3=O)CC2)n1. The highest BCUT2D eigenvalue weighted by Crippen LogP contribution is 2.18. The number of nitrogens with zero attached hydrogens (tertiary/aromatic N) is 5. The largest absolute Gasteiger partial charge is 0.341 e. The summed E-state index contributed by atoms with van der Waals surface area (Å²) in [5, 5.41) is 4.57. The molecule has 1 aromatic heterocycles. The van der Waals surface area contributed by atoms with Crippen molar-refractivity contribution in [2.75, 3.05) is 52.4 Å². The van der Waals surface area contributed by atoms with Gasteiger partial charge in [0.15, 0.2) is 0 Å². The van der Waals surface area contributed by atoms with Gasteiger partial charge in [0, 0.05) is 70.3 Å². The van der Waals surface area contributed by atoms with Crippen LogP contribution in [0.4, 0.5) is 0 Å². The number of piperazine rings is 1. The van der Waals surface area contributed by atoms with Gasteiger partial charge < -0.3 is 4.90 Å². The lowest BCUT2D eigenvalue weighted by atomic mass is 9.92. The van der Waals surface area contributed by atoms with Crippen molar-refractivity contribution in [2.45, 2.75) is 58.4 Å². The first-order chi connectivity index (χ1) is 13.8. The van der Waals surface area contributed by atoms with E-state index in [1.54, 1.807) is 10.7 Å². The Morgan fingerprint density at radius 1 is 0.828 bits per heavy atom. The summed E-state index contributed by atoms with van der Waals surface area (Å²) in [5.41, 5.74) is 0.860. The molecule has 2 aliphatic heterocycles. The number of carbonyl (C=O) groups excluding carboxylic acids is 1. The Morgan fingerprint density at radius 2 is 1.48 bits per heavy atom. The molecular formula is C22H37N5O2. The average Bonchev–Trinajstić information content (AvgIpc) is 2.89. The van der Waals surface area contributed by atoms with Gasteiger partial charge in [-0.3, -0.25) is 19.4 Å². The van der Waals surface area contributed by atoms with E-state index in [9.17, 15) is 9.59 Å². The van der Waals surface area contributed by atoms with Crippen LogP contribution in [-0.2, 0) is 16.8 Å². The third-order valence-electron chi connectivity index (χ3n) is 6.09. The van der Waals surface area contributed by atoms with E-state index in [0.717, 1.165) is 77.3 Å². The van der Waals surface area contributed by atoms with Crippen LogP contribution >= 0.6 is 0 Å². The first-order valence-electron chi connectivity index (χ1n) is 11.1. The van der Waals surface area contributed by atoms with Crippen molar-refractivity contribution in [1.29, 1.82) is 0 Å². The molecule has 2 aliphatic rings. The number of likely N-dealkylation sites (tertiary alicyclic amines) is 1. The minimum Gasteiger partial charge on any atom is -0.341 e. The van der Waals surface area contributed by atoms with Crippen molar-refractivity contribution in [3.63, 3.8) is 0 Å². The molecule has 7 heteroatoms. The zero-order valence-electron chi connectivity index (χ0n) is 18.4. The standard InChI is InChI=1S/C22H37N5O2/c1-22(2,3)19-8-9-21(29)27(23-19)18-16-25-13-11-24(12-14-25)15-17-26-10-6-4-5-7-20(26)28/h8-9H,4-7,10-18H2,1-3H3. The molecule has 0 aromatic carbocycles. The van der Waals surface area contributed by atoms with Gasteiger partial charge in [-0.1, -0.05) is 27.2 Å². The molecule has 0 N–H and O–H groups in total. The monoisotopic (exact) mass is 403 g/mol. The normalized spacial score (nSPS) is 20.1. The molecule has 2 fully saturated rings. The summed E-state index contributed by atoms with van der Waals surface area (Å²) in [6, 6.07) is 3.47. The fourth-order valence-corrected chi connectivity index (χ4v) is 4.02. The maximum absolute atomic E-state index is 12.2. The second-order valence-corrected chi connectivity index (χ2v) is 9.40. The maximum atomic E-state index is 12.2. The van der Waals surface area contributed by atoms with E-state index in [4.69, 9.17) is 0 Å². The van der Waals surface area contributed by atoms with Crippen molar-refractivity contribution in [1.82, 2.24) is 24.5 Å². The number of aromatic nitrogens is 2. The molecule has 0 spiro atoms. The Morgan fingerprint density at radius 3 is 2.14 bits per heavy atom. The minimum atomic E-state index is -0.0597. The summed E-state index contributed by atoms with van der Waals surface area (Å²) < 4.78 is 1.61. The average molecular weight is 404 g/mol. The van der Waals surface area contributed by atoms with E-state index in [2.05, 4.69) is 40.6 Å². The number of rotatable bonds is 6. The Kier molecular flexibility index (Phi) is 7.46. The molecule has 29 heavy (non-hydrogen) atoms. The fourth-order valence-electron chi connectivity index (χ4n) is 4.02. The molecule has 0 radical (unpaired) electrons. The molecule has 3 rings (SSSR count). The number of carbonyl (C=O) groups is 1. The Balaban J connectivity index is 1.42. The third kappa shape index (κ3) is 6.37. The van der Waals surface area contributed by atoms with Crippen molar-refractivity contribution in [3.8, 4) is 0 Å². The summed E-state index contributed by atoms with van der Waals surface area (Å²) in [6.45, 7) is 14.6. The molecule has 0 aliphatic carbocycles. The second kappa shape index (κ2) is 9.85. The van der Waals surface area contributed by atoms with Crippen LogP contribution in [0.1, 0.15) is 52.1 Å². The van der Waals surface area contributed by atoms with Crippen LogP contribution in [0.2, 0.25) is 0 Å². The quantitative estimate of drug-likeness (QED) is 0.721. The van der Waals surface area contributed by atoms with E-state index >= 15 is 0 Å². The van der Waals surface area contributed by atoms with Crippen molar-refractivity contribution < 1.29 is 4.79 Å². The molecule has 0 saturated carbocycles. The summed E-state index contributed by atoms with van der Waals surface area (Å²) in [6.07, 6.45) is 4.09. The number of hydrogen-bond acceptors (Lipinski definition) is 5. The van der Waals surface area contributed by atoms with Gasteiger partial charge in [0.25, 0.3) is 5.56 Å². The lowest BCUT2D eigenvalue weighted by Crippen LogP contribution is -2.49. The molecule has 2 saturated heterocycles. The van der Waals surface area contributed by atoms with Crippen LogP contribution in [-0.4, -0.2) is 82.7 Å². The Bertz CT molecular complexity index is 731. The van der Waals surface area contributed by atoms with Gasteiger partial charge >= 0.3 is 0 Å². The molecule has 7 nitrogen and oxygen atoms in total. The smallest absolute Gasteiger partial charge is 0.266 e. The summed E-state index contributed by atoms with van der Waals surface area (Å²) in [5.74, 6) is 0.330. The Hall–Kier alpha value is -1.73. The van der Waals surface area contributed by atoms with E-state index in [1.807, 2.05) is 6.07 Å². The van der Waals surface area contributed by atoms with Crippen molar-refractivity contribution >= 4 is 5.91 Å². The molecule has 0 unspecified atom stereocenters. The molecule has 1 amide bonds. The topological polar surface area (TPSA) is 61.7 Å². The number of amides is 1. The van der Waals surface area contributed by atoms with Crippen LogP contribution in [0.5, 0.6) is 0 Å². The molecule has 0 bridgehead atoms. The van der Waals surface area contributed by atoms with E-state index in [1.165, 1.54) is 6.42 Å². The van der Waals surface area contributed by atoms with Gasteiger partial charge in [-0.05, 0) is 18.9 Å². The van der Waals surface area contributed by atoms with E-state index in [0.29, 0.717) is 12.5 Å². The highest BCUT2D eigenvalue weighted by Gasteiger charge is 2.21. The first kappa shape index (κ1) is 22.0. The molecule has 0 atom stereocenters. The van der Waals surface area contributed by atoms with Gasteiger partial charge in [0.2, 0.25) is 5.91 Å².